The van der Waals surface area contributed by atoms with Gasteiger partial charge in [-0.3, -0.25) is 4.79 Å². The predicted octanol–water partition coefficient (Wildman–Crippen LogP) is 2.03. The fourth-order valence-electron chi connectivity index (χ4n) is 2.52. The third kappa shape index (κ3) is 3.50. The molecular weight excluding hydrogens is 354 g/mol. The molecule has 2 aromatic rings. The molecule has 1 aliphatic heterocycles. The van der Waals surface area contributed by atoms with Crippen LogP contribution in [0.15, 0.2) is 69.7 Å². The largest absolute Gasteiger partial charge is 0.465 e. The first-order valence-electron chi connectivity index (χ1n) is 7.98. The Bertz CT molecular complexity index is 969. The van der Waals surface area contributed by atoms with Crippen LogP contribution in [0.3, 0.4) is 0 Å². The number of benzene rings is 2. The highest BCUT2D eigenvalue weighted by molar-refractivity contribution is 7.90. The van der Waals surface area contributed by atoms with Crippen molar-refractivity contribution in [3.8, 4) is 0 Å². The van der Waals surface area contributed by atoms with E-state index in [0.29, 0.717) is 5.56 Å². The molecule has 0 fully saturated rings. The highest BCUT2D eigenvalue weighted by Crippen LogP contribution is 2.30. The molecule has 26 heavy (non-hydrogen) atoms. The van der Waals surface area contributed by atoms with Gasteiger partial charge in [0.15, 0.2) is 5.84 Å². The quantitative estimate of drug-likeness (QED) is 0.457. The molecule has 1 aliphatic rings. The maximum absolute atomic E-state index is 12.8. The minimum absolute atomic E-state index is 0.0953. The summed E-state index contributed by atoms with van der Waals surface area (Å²) in [5.41, 5.74) is 1.23. The van der Waals surface area contributed by atoms with Gasteiger partial charge in [0.25, 0.3) is 10.0 Å². The van der Waals surface area contributed by atoms with Crippen molar-refractivity contribution in [1.82, 2.24) is 4.31 Å². The highest BCUT2D eigenvalue weighted by atomic mass is 32.2. The molecule has 0 bridgehead atoms. The molecule has 3 rings (SSSR count). The van der Waals surface area contributed by atoms with Crippen molar-refractivity contribution in [3.63, 3.8) is 0 Å². The van der Waals surface area contributed by atoms with Crippen LogP contribution in [0.25, 0.3) is 0 Å². The molecule has 0 spiro atoms. The van der Waals surface area contributed by atoms with E-state index in [1.54, 1.807) is 25.1 Å². The molecule has 0 aliphatic carbocycles. The van der Waals surface area contributed by atoms with Crippen LogP contribution >= 0.6 is 0 Å². The zero-order valence-electron chi connectivity index (χ0n) is 14.1. The van der Waals surface area contributed by atoms with Crippen LogP contribution in [-0.2, 0) is 19.6 Å². The Hall–Kier alpha value is -3.00. The average molecular weight is 371 g/mol. The summed E-state index contributed by atoms with van der Waals surface area (Å²) < 4.78 is 31.3. The number of nitrogens with zero attached hydrogens (tertiary/aromatic N) is 3. The maximum Gasteiger partial charge on any atom is 0.326 e. The molecule has 1 heterocycles. The number of carbonyl (C=O) groups is 1. The molecule has 0 radical (unpaired) electrons. The first-order chi connectivity index (χ1) is 12.5. The second-order valence-corrected chi connectivity index (χ2v) is 7.22. The zero-order valence-corrected chi connectivity index (χ0v) is 14.9. The number of esters is 1. The van der Waals surface area contributed by atoms with Gasteiger partial charge in [0.2, 0.25) is 0 Å². The second kappa shape index (κ2) is 7.49. The highest BCUT2D eigenvalue weighted by Gasteiger charge is 2.40. The fourth-order valence-corrected chi connectivity index (χ4v) is 4.08. The van der Waals surface area contributed by atoms with E-state index < -0.39 is 22.5 Å². The van der Waals surface area contributed by atoms with E-state index in [4.69, 9.17) is 4.74 Å². The third-order valence-electron chi connectivity index (χ3n) is 3.67. The van der Waals surface area contributed by atoms with E-state index in [9.17, 15) is 13.2 Å². The number of amidine groups is 1. The molecule has 0 N–H and O–H groups in total. The predicted molar refractivity (Wildman–Crippen MR) is 97.5 cm³/mol. The van der Waals surface area contributed by atoms with Crippen LogP contribution < -0.4 is 0 Å². The van der Waals surface area contributed by atoms with Gasteiger partial charge in [-0.1, -0.05) is 42.5 Å². The van der Waals surface area contributed by atoms with Gasteiger partial charge in [0.05, 0.1) is 17.7 Å². The Kier molecular flexibility index (Phi) is 5.13. The van der Waals surface area contributed by atoms with E-state index in [-0.39, 0.29) is 17.3 Å². The lowest BCUT2D eigenvalue weighted by molar-refractivity contribution is -0.142. The van der Waals surface area contributed by atoms with E-state index in [1.807, 2.05) is 30.3 Å². The van der Waals surface area contributed by atoms with Crippen LogP contribution in [0.1, 0.15) is 18.1 Å². The molecule has 0 saturated heterocycles. The van der Waals surface area contributed by atoms with Crippen LogP contribution in [0.5, 0.6) is 0 Å². The number of hydrogen-bond donors (Lipinski definition) is 0. The monoisotopic (exact) mass is 371 g/mol. The van der Waals surface area contributed by atoms with Gasteiger partial charge in [-0.15, -0.1) is 5.10 Å². The SMILES string of the molecule is CCOC(=O)CN1C(=NN=Cc2ccccc2)c2ccccc2S1(=O)=O. The number of hydrogen-bond acceptors (Lipinski definition) is 6. The lowest BCUT2D eigenvalue weighted by atomic mass is 10.2. The van der Waals surface area contributed by atoms with Gasteiger partial charge in [0, 0.05) is 5.56 Å². The smallest absolute Gasteiger partial charge is 0.326 e. The van der Waals surface area contributed by atoms with Crippen molar-refractivity contribution in [2.24, 2.45) is 10.2 Å². The molecule has 7 nitrogen and oxygen atoms in total. The first-order valence-corrected chi connectivity index (χ1v) is 9.42. The standard InChI is InChI=1S/C18H17N3O4S/c1-2-25-17(22)13-21-18(20-19-12-14-8-4-3-5-9-14)15-10-6-7-11-16(15)26(21,23)24/h3-12H,2,13H2,1H3. The molecule has 8 heteroatoms. The van der Waals surface area contributed by atoms with Gasteiger partial charge in [-0.2, -0.15) is 5.10 Å². The van der Waals surface area contributed by atoms with Gasteiger partial charge in [-0.05, 0) is 24.6 Å². The van der Waals surface area contributed by atoms with Crippen molar-refractivity contribution in [2.45, 2.75) is 11.8 Å². The van der Waals surface area contributed by atoms with Crippen molar-refractivity contribution < 1.29 is 17.9 Å². The molecular formula is C18H17N3O4S. The van der Waals surface area contributed by atoms with E-state index >= 15 is 0 Å². The number of ether oxygens (including phenoxy) is 1. The lowest BCUT2D eigenvalue weighted by Crippen LogP contribution is -2.36. The van der Waals surface area contributed by atoms with Crippen LogP contribution in [0.4, 0.5) is 0 Å². The summed E-state index contributed by atoms with van der Waals surface area (Å²) in [6, 6.07) is 15.7. The van der Waals surface area contributed by atoms with Gasteiger partial charge in [0.1, 0.15) is 6.54 Å². The number of sulfonamides is 1. The van der Waals surface area contributed by atoms with Crippen molar-refractivity contribution in [2.75, 3.05) is 13.2 Å². The van der Waals surface area contributed by atoms with Crippen molar-refractivity contribution >= 4 is 28.0 Å². The van der Waals surface area contributed by atoms with Crippen LogP contribution in [0.2, 0.25) is 0 Å². The molecule has 0 saturated carbocycles. The lowest BCUT2D eigenvalue weighted by Gasteiger charge is -2.16. The van der Waals surface area contributed by atoms with Gasteiger partial charge >= 0.3 is 5.97 Å². The minimum atomic E-state index is -3.88. The topological polar surface area (TPSA) is 88.4 Å². The molecule has 134 valence electrons. The van der Waals surface area contributed by atoms with Gasteiger partial charge < -0.3 is 4.74 Å². The Balaban J connectivity index is 1.99. The number of fused-ring (bicyclic) bond motifs is 1. The third-order valence-corrected chi connectivity index (χ3v) is 5.46. The average Bonchev–Trinajstić information content (AvgIpc) is 2.84. The molecule has 0 aromatic heterocycles. The van der Waals surface area contributed by atoms with E-state index in [0.717, 1.165) is 9.87 Å². The van der Waals surface area contributed by atoms with Gasteiger partial charge in [-0.25, -0.2) is 12.7 Å². The number of rotatable bonds is 5. The maximum atomic E-state index is 12.8. The van der Waals surface area contributed by atoms with E-state index in [2.05, 4.69) is 10.2 Å². The zero-order chi connectivity index (χ0) is 18.6. The van der Waals surface area contributed by atoms with Crippen LogP contribution in [-0.4, -0.2) is 43.9 Å². The molecule has 0 unspecified atom stereocenters. The van der Waals surface area contributed by atoms with Crippen molar-refractivity contribution in [1.29, 1.82) is 0 Å². The second-order valence-electron chi connectivity index (χ2n) is 5.39. The Morgan fingerprint density at radius 3 is 2.54 bits per heavy atom. The summed E-state index contributed by atoms with van der Waals surface area (Å²) in [6.07, 6.45) is 1.52. The normalized spacial score (nSPS) is 16.8. The summed E-state index contributed by atoms with van der Waals surface area (Å²) in [5.74, 6) is -0.551. The molecule has 0 atom stereocenters. The summed E-state index contributed by atoms with van der Waals surface area (Å²) in [7, 11) is -3.88. The number of carbonyl (C=O) groups excluding carboxylic acids is 1. The summed E-state index contributed by atoms with van der Waals surface area (Å²) in [5, 5.41) is 8.07. The Labute approximate surface area is 151 Å². The first kappa shape index (κ1) is 17.8. The Morgan fingerprint density at radius 2 is 1.81 bits per heavy atom. The summed E-state index contributed by atoms with van der Waals surface area (Å²) in [4.78, 5) is 12.0. The molecule has 2 aromatic carbocycles. The molecule has 0 amide bonds. The van der Waals surface area contributed by atoms with Crippen molar-refractivity contribution in [3.05, 3.63) is 65.7 Å². The summed E-state index contributed by atoms with van der Waals surface area (Å²) in [6.45, 7) is 1.37. The Morgan fingerprint density at radius 1 is 1.12 bits per heavy atom. The minimum Gasteiger partial charge on any atom is -0.465 e. The fraction of sp³-hybridized carbons (Fsp3) is 0.167. The van der Waals surface area contributed by atoms with Crippen LogP contribution in [0, 0.1) is 0 Å². The van der Waals surface area contributed by atoms with E-state index in [1.165, 1.54) is 12.3 Å². The summed E-state index contributed by atoms with van der Waals surface area (Å²) >= 11 is 0.